The molecule has 0 radical (unpaired) electrons. The summed E-state index contributed by atoms with van der Waals surface area (Å²) in [7, 11) is -4.42. The van der Waals surface area contributed by atoms with Crippen molar-refractivity contribution in [1.82, 2.24) is 10.2 Å². The van der Waals surface area contributed by atoms with Gasteiger partial charge in [-0.25, -0.2) is 12.8 Å². The maximum absolute atomic E-state index is 15.2. The fraction of sp³-hybridized carbons (Fsp3) is 0.235. The van der Waals surface area contributed by atoms with Crippen LogP contribution in [0.15, 0.2) is 108 Å². The Morgan fingerprint density at radius 3 is 2.02 bits per heavy atom. The van der Waals surface area contributed by atoms with Crippen LogP contribution in [0.4, 0.5) is 10.1 Å². The van der Waals surface area contributed by atoms with Gasteiger partial charge in [0.1, 0.15) is 18.4 Å². The lowest BCUT2D eigenvalue weighted by Crippen LogP contribution is -2.56. The van der Waals surface area contributed by atoms with Crippen molar-refractivity contribution in [3.8, 4) is 0 Å². The molecule has 4 aromatic carbocycles. The maximum atomic E-state index is 15.2. The first-order chi connectivity index (χ1) is 21.3. The number of hydrogen-bond donors (Lipinski definition) is 1. The zero-order chi connectivity index (χ0) is 32.8. The van der Waals surface area contributed by atoms with Crippen LogP contribution in [-0.2, 0) is 32.6 Å². The predicted molar refractivity (Wildman–Crippen MR) is 176 cm³/mol. The Bertz CT molecular complexity index is 1750. The van der Waals surface area contributed by atoms with Crippen LogP contribution in [-0.4, -0.2) is 43.3 Å². The smallest absolute Gasteiger partial charge is 0.264 e. The van der Waals surface area contributed by atoms with Gasteiger partial charge in [-0.1, -0.05) is 89.9 Å². The summed E-state index contributed by atoms with van der Waals surface area (Å²) in [6, 6.07) is 25.7. The van der Waals surface area contributed by atoms with E-state index in [4.69, 9.17) is 23.2 Å². The van der Waals surface area contributed by atoms with Crippen LogP contribution in [0.2, 0.25) is 10.0 Å². The van der Waals surface area contributed by atoms with Gasteiger partial charge in [-0.15, -0.1) is 0 Å². The summed E-state index contributed by atoms with van der Waals surface area (Å²) < 4.78 is 43.8. The molecule has 0 saturated carbocycles. The Labute approximate surface area is 273 Å². The van der Waals surface area contributed by atoms with Gasteiger partial charge in [0, 0.05) is 18.5 Å². The van der Waals surface area contributed by atoms with Crippen LogP contribution in [0.3, 0.4) is 0 Å². The average Bonchev–Trinajstić information content (AvgIpc) is 3.00. The molecule has 1 N–H and O–H groups in total. The molecule has 0 saturated heterocycles. The van der Waals surface area contributed by atoms with Gasteiger partial charge < -0.3 is 10.2 Å². The standard InChI is InChI=1S/C34H34Cl2FN3O4S/c1-34(2,3)38-33(42)31(21-24-12-6-4-7-13-24)39(22-25-18-19-27(35)28(36)20-25)32(41)23-40(30-17-11-10-16-29(30)37)45(43,44)26-14-8-5-9-15-26/h4-20,31H,21-23H2,1-3H3,(H,38,42). The number of benzene rings is 4. The van der Waals surface area contributed by atoms with E-state index in [1.807, 2.05) is 51.1 Å². The average molecular weight is 671 g/mol. The molecule has 236 valence electrons. The van der Waals surface area contributed by atoms with Crippen molar-refractivity contribution in [2.75, 3.05) is 10.8 Å². The summed E-state index contributed by atoms with van der Waals surface area (Å²) in [5.41, 5.74) is 0.396. The van der Waals surface area contributed by atoms with Gasteiger partial charge in [0.2, 0.25) is 11.8 Å². The highest BCUT2D eigenvalue weighted by molar-refractivity contribution is 7.92. The second-order valence-electron chi connectivity index (χ2n) is 11.5. The van der Waals surface area contributed by atoms with Gasteiger partial charge in [0.05, 0.1) is 20.6 Å². The Hall–Kier alpha value is -3.92. The summed E-state index contributed by atoms with van der Waals surface area (Å²) in [5, 5.41) is 3.52. The van der Waals surface area contributed by atoms with E-state index in [9.17, 15) is 18.0 Å². The number of carbonyl (C=O) groups is 2. The quantitative estimate of drug-likeness (QED) is 0.189. The number of sulfonamides is 1. The van der Waals surface area contributed by atoms with E-state index in [0.717, 1.165) is 15.9 Å². The zero-order valence-electron chi connectivity index (χ0n) is 25.1. The highest BCUT2D eigenvalue weighted by Crippen LogP contribution is 2.28. The minimum atomic E-state index is -4.42. The van der Waals surface area contributed by atoms with Crippen LogP contribution < -0.4 is 9.62 Å². The lowest BCUT2D eigenvalue weighted by atomic mass is 10.0. The third kappa shape index (κ3) is 8.84. The van der Waals surface area contributed by atoms with E-state index in [2.05, 4.69) is 5.32 Å². The molecule has 45 heavy (non-hydrogen) atoms. The third-order valence-electron chi connectivity index (χ3n) is 6.84. The number of nitrogens with zero attached hydrogens (tertiary/aromatic N) is 2. The SMILES string of the molecule is CC(C)(C)NC(=O)C(Cc1ccccc1)N(Cc1ccc(Cl)c(Cl)c1)C(=O)CN(c1ccccc1F)S(=O)(=O)c1ccccc1. The molecule has 0 heterocycles. The molecule has 4 aromatic rings. The van der Waals surface area contributed by atoms with Crippen molar-refractivity contribution in [2.45, 2.75) is 50.2 Å². The Morgan fingerprint density at radius 2 is 1.42 bits per heavy atom. The van der Waals surface area contributed by atoms with Gasteiger partial charge in [0.15, 0.2) is 0 Å². The van der Waals surface area contributed by atoms with Crippen LogP contribution in [0.5, 0.6) is 0 Å². The molecule has 0 aliphatic heterocycles. The largest absolute Gasteiger partial charge is 0.350 e. The molecular formula is C34H34Cl2FN3O4S. The second-order valence-corrected chi connectivity index (χ2v) is 14.2. The van der Waals surface area contributed by atoms with Crippen LogP contribution >= 0.6 is 23.2 Å². The highest BCUT2D eigenvalue weighted by Gasteiger charge is 2.36. The minimum absolute atomic E-state index is 0.110. The van der Waals surface area contributed by atoms with Gasteiger partial charge in [-0.05, 0) is 68.3 Å². The first-order valence-corrected chi connectivity index (χ1v) is 16.4. The Kier molecular flexibility index (Phi) is 10.9. The van der Waals surface area contributed by atoms with Gasteiger partial charge in [-0.3, -0.25) is 13.9 Å². The first-order valence-electron chi connectivity index (χ1n) is 14.2. The van der Waals surface area contributed by atoms with Crippen LogP contribution in [0.1, 0.15) is 31.9 Å². The monoisotopic (exact) mass is 669 g/mol. The summed E-state index contributed by atoms with van der Waals surface area (Å²) in [4.78, 5) is 29.5. The lowest BCUT2D eigenvalue weighted by Gasteiger charge is -2.35. The van der Waals surface area contributed by atoms with Crippen molar-refractivity contribution in [2.24, 2.45) is 0 Å². The fourth-order valence-corrected chi connectivity index (χ4v) is 6.49. The second kappa shape index (κ2) is 14.5. The van der Waals surface area contributed by atoms with E-state index >= 15 is 4.39 Å². The van der Waals surface area contributed by atoms with E-state index in [0.29, 0.717) is 10.6 Å². The molecule has 0 spiro atoms. The summed E-state index contributed by atoms with van der Waals surface area (Å²) >= 11 is 12.4. The van der Waals surface area contributed by atoms with Crippen molar-refractivity contribution < 1.29 is 22.4 Å². The number of amides is 2. The van der Waals surface area contributed by atoms with E-state index in [1.54, 1.807) is 24.3 Å². The zero-order valence-corrected chi connectivity index (χ0v) is 27.4. The molecule has 0 fully saturated rings. The normalized spacial score (nSPS) is 12.3. The highest BCUT2D eigenvalue weighted by atomic mass is 35.5. The summed E-state index contributed by atoms with van der Waals surface area (Å²) in [6.45, 7) is 4.57. The molecule has 2 amide bonds. The Balaban J connectivity index is 1.84. The topological polar surface area (TPSA) is 86.8 Å². The molecule has 0 aliphatic rings. The van der Waals surface area contributed by atoms with Crippen LogP contribution in [0.25, 0.3) is 0 Å². The number of para-hydroxylation sites is 1. The summed E-state index contributed by atoms with van der Waals surface area (Å²) in [5.74, 6) is -2.00. The number of hydrogen-bond acceptors (Lipinski definition) is 4. The minimum Gasteiger partial charge on any atom is -0.350 e. The molecule has 0 aliphatic carbocycles. The van der Waals surface area contributed by atoms with Crippen molar-refractivity contribution >= 4 is 50.7 Å². The van der Waals surface area contributed by atoms with E-state index in [1.165, 1.54) is 47.4 Å². The molecule has 0 bridgehead atoms. The van der Waals surface area contributed by atoms with E-state index < -0.39 is 45.8 Å². The van der Waals surface area contributed by atoms with Crippen molar-refractivity contribution in [3.05, 3.63) is 130 Å². The first kappa shape index (κ1) is 34.0. The van der Waals surface area contributed by atoms with Gasteiger partial charge in [0.25, 0.3) is 10.0 Å². The predicted octanol–water partition coefficient (Wildman–Crippen LogP) is 6.88. The molecule has 1 unspecified atom stereocenters. The fourth-order valence-electron chi connectivity index (χ4n) is 4.73. The number of anilines is 1. The third-order valence-corrected chi connectivity index (χ3v) is 9.35. The molecule has 4 rings (SSSR count). The van der Waals surface area contributed by atoms with Gasteiger partial charge in [-0.2, -0.15) is 0 Å². The molecule has 11 heteroatoms. The maximum Gasteiger partial charge on any atom is 0.264 e. The molecule has 7 nitrogen and oxygen atoms in total. The number of carbonyl (C=O) groups excluding carboxylic acids is 2. The molecule has 0 aromatic heterocycles. The van der Waals surface area contributed by atoms with Crippen LogP contribution in [0, 0.1) is 5.82 Å². The van der Waals surface area contributed by atoms with E-state index in [-0.39, 0.29) is 28.6 Å². The van der Waals surface area contributed by atoms with Crippen molar-refractivity contribution in [1.29, 1.82) is 0 Å². The lowest BCUT2D eigenvalue weighted by molar-refractivity contribution is -0.140. The number of halogens is 3. The Morgan fingerprint density at radius 1 is 0.822 bits per heavy atom. The number of nitrogens with one attached hydrogen (secondary N) is 1. The number of rotatable bonds is 11. The van der Waals surface area contributed by atoms with Gasteiger partial charge >= 0.3 is 0 Å². The molecular weight excluding hydrogens is 636 g/mol. The molecule has 1 atom stereocenters. The summed E-state index contributed by atoms with van der Waals surface area (Å²) in [6.07, 6.45) is 0.126. The van der Waals surface area contributed by atoms with Crippen molar-refractivity contribution in [3.63, 3.8) is 0 Å².